The van der Waals surface area contributed by atoms with E-state index >= 15 is 0 Å². The van der Waals surface area contributed by atoms with E-state index in [-0.39, 0.29) is 0 Å². The van der Waals surface area contributed by atoms with E-state index in [0.29, 0.717) is 11.6 Å². The van der Waals surface area contributed by atoms with Gasteiger partial charge in [-0.3, -0.25) is 0 Å². The van der Waals surface area contributed by atoms with Gasteiger partial charge in [-0.05, 0) is 37.4 Å². The predicted octanol–water partition coefficient (Wildman–Crippen LogP) is 4.61. The van der Waals surface area contributed by atoms with E-state index in [4.69, 9.17) is 16.3 Å². The van der Waals surface area contributed by atoms with E-state index in [1.165, 1.54) is 0 Å². The van der Waals surface area contributed by atoms with Gasteiger partial charge in [0.2, 0.25) is 0 Å². The third kappa shape index (κ3) is 3.25. The van der Waals surface area contributed by atoms with E-state index in [1.807, 2.05) is 49.5 Å². The summed E-state index contributed by atoms with van der Waals surface area (Å²) in [6, 6.07) is 13.4. The molecule has 0 aliphatic carbocycles. The monoisotopic (exact) mass is 325 g/mol. The van der Waals surface area contributed by atoms with Crippen LogP contribution in [-0.2, 0) is 6.54 Å². The number of benzene rings is 2. The molecule has 0 radical (unpaired) electrons. The Balaban J connectivity index is 2.31. The molecule has 2 nitrogen and oxygen atoms in total. The molecule has 0 aromatic heterocycles. The third-order valence-electron chi connectivity index (χ3n) is 2.45. The van der Waals surface area contributed by atoms with Crippen molar-refractivity contribution in [2.75, 3.05) is 7.05 Å². The largest absolute Gasteiger partial charge is 0.457 e. The van der Waals surface area contributed by atoms with Crippen molar-refractivity contribution >= 4 is 27.5 Å². The minimum absolute atomic E-state index is 0.670. The minimum Gasteiger partial charge on any atom is -0.457 e. The maximum atomic E-state index is 6.18. The lowest BCUT2D eigenvalue weighted by Crippen LogP contribution is -2.07. The SMILES string of the molecule is CNCc1c(Cl)cccc1Oc1cccc(Br)c1. The lowest BCUT2D eigenvalue weighted by molar-refractivity contribution is 0.474. The standard InChI is InChI=1S/C14H13BrClNO/c1-17-9-12-13(16)6-3-7-14(12)18-11-5-2-4-10(15)8-11/h2-8,17H,9H2,1H3. The van der Waals surface area contributed by atoms with Crippen LogP contribution in [0.15, 0.2) is 46.9 Å². The summed E-state index contributed by atoms with van der Waals surface area (Å²) in [4.78, 5) is 0. The minimum atomic E-state index is 0.670. The van der Waals surface area contributed by atoms with Crippen molar-refractivity contribution in [1.82, 2.24) is 5.32 Å². The fraction of sp³-hybridized carbons (Fsp3) is 0.143. The van der Waals surface area contributed by atoms with Crippen molar-refractivity contribution in [2.24, 2.45) is 0 Å². The summed E-state index contributed by atoms with van der Waals surface area (Å²) in [7, 11) is 1.88. The molecule has 18 heavy (non-hydrogen) atoms. The molecule has 0 spiro atoms. The summed E-state index contributed by atoms with van der Waals surface area (Å²) < 4.78 is 6.85. The fourth-order valence-electron chi connectivity index (χ4n) is 1.64. The smallest absolute Gasteiger partial charge is 0.133 e. The van der Waals surface area contributed by atoms with Gasteiger partial charge in [0.25, 0.3) is 0 Å². The van der Waals surface area contributed by atoms with Gasteiger partial charge in [-0.15, -0.1) is 0 Å². The maximum Gasteiger partial charge on any atom is 0.133 e. The van der Waals surface area contributed by atoms with Crippen LogP contribution in [0, 0.1) is 0 Å². The van der Waals surface area contributed by atoms with Crippen molar-refractivity contribution < 1.29 is 4.74 Å². The first-order chi connectivity index (χ1) is 8.70. The topological polar surface area (TPSA) is 21.3 Å². The van der Waals surface area contributed by atoms with E-state index in [2.05, 4.69) is 21.2 Å². The van der Waals surface area contributed by atoms with Crippen LogP contribution >= 0.6 is 27.5 Å². The number of rotatable bonds is 4. The zero-order valence-corrected chi connectivity index (χ0v) is 12.3. The molecule has 2 aromatic rings. The molecule has 0 heterocycles. The third-order valence-corrected chi connectivity index (χ3v) is 3.30. The molecule has 0 fully saturated rings. The van der Waals surface area contributed by atoms with E-state index < -0.39 is 0 Å². The average Bonchev–Trinajstić information content (AvgIpc) is 2.34. The molecule has 4 heteroatoms. The molecule has 0 bridgehead atoms. The Labute approximate surface area is 120 Å². The highest BCUT2D eigenvalue weighted by Gasteiger charge is 2.08. The van der Waals surface area contributed by atoms with Gasteiger partial charge in [-0.25, -0.2) is 0 Å². The zero-order chi connectivity index (χ0) is 13.0. The molecular weight excluding hydrogens is 314 g/mol. The second-order valence-electron chi connectivity index (χ2n) is 3.81. The first-order valence-electron chi connectivity index (χ1n) is 5.56. The molecule has 1 N–H and O–H groups in total. The normalized spacial score (nSPS) is 10.4. The van der Waals surface area contributed by atoms with Crippen LogP contribution in [-0.4, -0.2) is 7.05 Å². The molecule has 0 atom stereocenters. The maximum absolute atomic E-state index is 6.18. The van der Waals surface area contributed by atoms with Gasteiger partial charge in [-0.2, -0.15) is 0 Å². The van der Waals surface area contributed by atoms with Crippen molar-refractivity contribution in [1.29, 1.82) is 0 Å². The second-order valence-corrected chi connectivity index (χ2v) is 5.13. The lowest BCUT2D eigenvalue weighted by Gasteiger charge is -2.12. The Bertz CT molecular complexity index is 545. The summed E-state index contributed by atoms with van der Waals surface area (Å²) in [6.45, 7) is 0.670. The second kappa shape index (κ2) is 6.23. The number of nitrogens with one attached hydrogen (secondary N) is 1. The average molecular weight is 327 g/mol. The molecule has 0 aliphatic rings. The molecule has 0 saturated carbocycles. The first-order valence-corrected chi connectivity index (χ1v) is 6.73. The van der Waals surface area contributed by atoms with Crippen LogP contribution in [0.25, 0.3) is 0 Å². The summed E-state index contributed by atoms with van der Waals surface area (Å²) >= 11 is 9.60. The van der Waals surface area contributed by atoms with Crippen LogP contribution in [0.4, 0.5) is 0 Å². The number of hydrogen-bond acceptors (Lipinski definition) is 2. The van der Waals surface area contributed by atoms with Crippen LogP contribution in [0.5, 0.6) is 11.5 Å². The number of halogens is 2. The van der Waals surface area contributed by atoms with Gasteiger partial charge in [-0.1, -0.05) is 39.7 Å². The molecule has 0 aliphatic heterocycles. The molecule has 0 unspecified atom stereocenters. The van der Waals surface area contributed by atoms with Crippen molar-refractivity contribution in [3.05, 3.63) is 57.5 Å². The quantitative estimate of drug-likeness (QED) is 0.885. The van der Waals surface area contributed by atoms with Crippen molar-refractivity contribution in [3.63, 3.8) is 0 Å². The number of ether oxygens (including phenoxy) is 1. The molecular formula is C14H13BrClNO. The van der Waals surface area contributed by atoms with E-state index in [1.54, 1.807) is 0 Å². The predicted molar refractivity (Wildman–Crippen MR) is 78.4 cm³/mol. The Morgan fingerprint density at radius 3 is 2.72 bits per heavy atom. The molecule has 2 rings (SSSR count). The van der Waals surface area contributed by atoms with Crippen LogP contribution in [0.1, 0.15) is 5.56 Å². The highest BCUT2D eigenvalue weighted by atomic mass is 79.9. The van der Waals surface area contributed by atoms with Crippen LogP contribution in [0.3, 0.4) is 0 Å². The highest BCUT2D eigenvalue weighted by molar-refractivity contribution is 9.10. The summed E-state index contributed by atoms with van der Waals surface area (Å²) in [6.07, 6.45) is 0. The van der Waals surface area contributed by atoms with Crippen LogP contribution < -0.4 is 10.1 Å². The van der Waals surface area contributed by atoms with Gasteiger partial charge >= 0.3 is 0 Å². The summed E-state index contributed by atoms with van der Waals surface area (Å²) in [5, 5.41) is 3.79. The molecule has 2 aromatic carbocycles. The summed E-state index contributed by atoms with van der Waals surface area (Å²) in [5.74, 6) is 1.55. The van der Waals surface area contributed by atoms with Gasteiger partial charge in [0.1, 0.15) is 11.5 Å². The first kappa shape index (κ1) is 13.4. The molecule has 0 saturated heterocycles. The Morgan fingerprint density at radius 1 is 1.22 bits per heavy atom. The number of hydrogen-bond donors (Lipinski definition) is 1. The Morgan fingerprint density at radius 2 is 2.00 bits per heavy atom. The summed E-state index contributed by atoms with van der Waals surface area (Å²) in [5.41, 5.74) is 0.960. The lowest BCUT2D eigenvalue weighted by atomic mass is 10.2. The molecule has 94 valence electrons. The fourth-order valence-corrected chi connectivity index (χ4v) is 2.25. The zero-order valence-electron chi connectivity index (χ0n) is 9.91. The van der Waals surface area contributed by atoms with Gasteiger partial charge in [0, 0.05) is 21.6 Å². The van der Waals surface area contributed by atoms with Crippen molar-refractivity contribution in [2.45, 2.75) is 6.54 Å². The van der Waals surface area contributed by atoms with Gasteiger partial charge in [0.15, 0.2) is 0 Å². The van der Waals surface area contributed by atoms with E-state index in [0.717, 1.165) is 21.5 Å². The van der Waals surface area contributed by atoms with Crippen molar-refractivity contribution in [3.8, 4) is 11.5 Å². The van der Waals surface area contributed by atoms with Gasteiger partial charge in [0.05, 0.1) is 0 Å². The van der Waals surface area contributed by atoms with Gasteiger partial charge < -0.3 is 10.1 Å². The Kier molecular flexibility index (Phi) is 4.64. The highest BCUT2D eigenvalue weighted by Crippen LogP contribution is 2.31. The van der Waals surface area contributed by atoms with Crippen LogP contribution in [0.2, 0.25) is 5.02 Å². The van der Waals surface area contributed by atoms with E-state index in [9.17, 15) is 0 Å². The molecule has 0 amide bonds. The Hall–Kier alpha value is -1.03.